The predicted octanol–water partition coefficient (Wildman–Crippen LogP) is 5.84. The predicted molar refractivity (Wildman–Crippen MR) is 87.4 cm³/mol. The van der Waals surface area contributed by atoms with E-state index < -0.39 is 4.84 Å². The van der Waals surface area contributed by atoms with E-state index in [2.05, 4.69) is 50.2 Å². The van der Waals surface area contributed by atoms with Crippen LogP contribution in [0.1, 0.15) is 27.2 Å². The van der Waals surface area contributed by atoms with Gasteiger partial charge in [0.1, 0.15) is 0 Å². The van der Waals surface area contributed by atoms with E-state index in [0.29, 0.717) is 3.63 Å². The van der Waals surface area contributed by atoms with Gasteiger partial charge < -0.3 is 0 Å². The van der Waals surface area contributed by atoms with Crippen LogP contribution in [0, 0.1) is 6.92 Å². The van der Waals surface area contributed by atoms with Crippen molar-refractivity contribution in [2.75, 3.05) is 0 Å². The van der Waals surface area contributed by atoms with Gasteiger partial charge in [-0.1, -0.05) is 0 Å². The fourth-order valence-corrected chi connectivity index (χ4v) is 4.95. The Labute approximate surface area is 151 Å². The van der Waals surface area contributed by atoms with Crippen molar-refractivity contribution >= 4 is 28.8 Å². The first-order chi connectivity index (χ1) is 10.0. The molecule has 105 valence electrons. The van der Waals surface area contributed by atoms with Crippen molar-refractivity contribution in [3.05, 3.63) is 64.7 Å². The molecule has 0 spiro atoms. The topological polar surface area (TPSA) is 0 Å². The molecule has 0 bridgehead atoms. The van der Waals surface area contributed by atoms with Crippen LogP contribution in [0.15, 0.2) is 48.0 Å². The molecule has 0 fully saturated rings. The monoisotopic (exact) mass is 391 g/mol. The third kappa shape index (κ3) is 2.58. The third-order valence-corrected chi connectivity index (χ3v) is 6.39. The van der Waals surface area contributed by atoms with Crippen LogP contribution in [0.4, 0.5) is 0 Å². The zero-order valence-corrected chi connectivity index (χ0v) is 15.9. The van der Waals surface area contributed by atoms with Gasteiger partial charge in [0, 0.05) is 0 Å². The first-order valence-corrected chi connectivity index (χ1v) is 9.20. The number of benzene rings is 2. The van der Waals surface area contributed by atoms with Crippen LogP contribution in [0.2, 0.25) is 0 Å². The minimum atomic E-state index is -0.474. The summed E-state index contributed by atoms with van der Waals surface area (Å²) < 4.78 is 0.464. The Balaban J connectivity index is 2.33. The zero-order valence-electron chi connectivity index (χ0n) is 12.0. The molecule has 3 heteroatoms. The summed E-state index contributed by atoms with van der Waals surface area (Å²) in [5.74, 6) is 0. The fourth-order valence-electron chi connectivity index (χ4n) is 3.09. The molecule has 0 aromatic heterocycles. The van der Waals surface area contributed by atoms with E-state index in [-0.39, 0.29) is 0 Å². The summed E-state index contributed by atoms with van der Waals surface area (Å²) in [5, 5.41) is 0. The van der Waals surface area contributed by atoms with Crippen molar-refractivity contribution in [3.8, 4) is 11.1 Å². The van der Waals surface area contributed by atoms with Crippen LogP contribution in [0.25, 0.3) is 16.7 Å². The van der Waals surface area contributed by atoms with Gasteiger partial charge in [-0.25, -0.2) is 0 Å². The molecule has 0 saturated heterocycles. The van der Waals surface area contributed by atoms with Crippen molar-refractivity contribution in [1.29, 1.82) is 0 Å². The van der Waals surface area contributed by atoms with E-state index in [4.69, 9.17) is 23.2 Å². The number of hydrogen-bond donors (Lipinski definition) is 0. The van der Waals surface area contributed by atoms with Gasteiger partial charge in [-0.3, -0.25) is 0 Å². The summed E-state index contributed by atoms with van der Waals surface area (Å²) >= 11 is 14.1. The molecule has 0 saturated carbocycles. The van der Waals surface area contributed by atoms with Crippen molar-refractivity contribution in [2.45, 2.75) is 22.3 Å². The van der Waals surface area contributed by atoms with Crippen molar-refractivity contribution in [3.63, 3.8) is 0 Å². The zero-order chi connectivity index (χ0) is 15.1. The minimum absolute atomic E-state index is 0.464. The second-order valence-electron chi connectivity index (χ2n) is 5.42. The SMILES string of the molecule is CC1=C(C(Cl)Cl)c2c(-c3ccccc3)ccc(C)c2[CH]1[Zr]. The Hall–Kier alpha value is -0.357. The maximum absolute atomic E-state index is 6.30. The van der Waals surface area contributed by atoms with E-state index in [0.717, 1.165) is 5.57 Å². The van der Waals surface area contributed by atoms with E-state index in [1.807, 2.05) is 6.07 Å². The molecule has 0 amide bonds. The number of fused-ring (bicyclic) bond motifs is 1. The molecule has 1 unspecified atom stereocenters. The molecular formula is C18H15Cl2Zr. The van der Waals surface area contributed by atoms with E-state index in [1.165, 1.54) is 58.1 Å². The molecule has 2 aromatic carbocycles. The Kier molecular flexibility index (Phi) is 4.46. The van der Waals surface area contributed by atoms with Crippen molar-refractivity contribution in [2.24, 2.45) is 0 Å². The quantitative estimate of drug-likeness (QED) is 0.562. The molecule has 1 atom stereocenters. The maximum atomic E-state index is 6.30. The fraction of sp³-hybridized carbons (Fsp3) is 0.222. The molecule has 1 aliphatic carbocycles. The molecule has 0 nitrogen and oxygen atoms in total. The van der Waals surface area contributed by atoms with Gasteiger partial charge in [0.25, 0.3) is 0 Å². The molecule has 21 heavy (non-hydrogen) atoms. The van der Waals surface area contributed by atoms with Crippen molar-refractivity contribution in [1.82, 2.24) is 0 Å². The summed E-state index contributed by atoms with van der Waals surface area (Å²) in [7, 11) is 0. The molecule has 1 aliphatic rings. The summed E-state index contributed by atoms with van der Waals surface area (Å²) in [4.78, 5) is -0.474. The average molecular weight is 393 g/mol. The van der Waals surface area contributed by atoms with Gasteiger partial charge >= 0.3 is 152 Å². The first kappa shape index (κ1) is 15.5. The number of allylic oxidation sites excluding steroid dienone is 2. The molecular weight excluding hydrogens is 378 g/mol. The Bertz CT molecular complexity index is 717. The van der Waals surface area contributed by atoms with Gasteiger partial charge in [-0.05, 0) is 0 Å². The Morgan fingerprint density at radius 3 is 2.29 bits per heavy atom. The molecule has 0 N–H and O–H groups in total. The summed E-state index contributed by atoms with van der Waals surface area (Å²) in [6.07, 6.45) is 0. The molecule has 0 aliphatic heterocycles. The second kappa shape index (κ2) is 6.03. The number of halogens is 2. The van der Waals surface area contributed by atoms with Crippen LogP contribution < -0.4 is 0 Å². The number of hydrogen-bond acceptors (Lipinski definition) is 0. The van der Waals surface area contributed by atoms with Crippen LogP contribution in [0.3, 0.4) is 0 Å². The van der Waals surface area contributed by atoms with Crippen LogP contribution in [0.5, 0.6) is 0 Å². The van der Waals surface area contributed by atoms with Gasteiger partial charge in [0.2, 0.25) is 0 Å². The van der Waals surface area contributed by atoms with Crippen LogP contribution >= 0.6 is 23.2 Å². The standard InChI is InChI=1S/C18H15Cl2.Zr/c1-11-8-9-14(13-6-4-3-5-7-13)17-15(11)10-12(2)16(17)18(19)20;/h3-10,18H,1-2H3;. The molecule has 0 radical (unpaired) electrons. The Morgan fingerprint density at radius 1 is 1.00 bits per heavy atom. The van der Waals surface area contributed by atoms with Crippen LogP contribution in [-0.2, 0) is 24.7 Å². The van der Waals surface area contributed by atoms with Gasteiger partial charge in [0.05, 0.1) is 0 Å². The Morgan fingerprint density at radius 2 is 1.67 bits per heavy atom. The molecule has 3 rings (SSSR count). The van der Waals surface area contributed by atoms with E-state index >= 15 is 0 Å². The second-order valence-corrected chi connectivity index (χ2v) is 7.93. The van der Waals surface area contributed by atoms with E-state index in [1.54, 1.807) is 0 Å². The summed E-state index contributed by atoms with van der Waals surface area (Å²) in [6.45, 7) is 4.35. The normalized spacial score (nSPS) is 17.4. The van der Waals surface area contributed by atoms with Gasteiger partial charge in [-0.2, -0.15) is 0 Å². The molecule has 2 aromatic rings. The average Bonchev–Trinajstić information content (AvgIpc) is 2.73. The third-order valence-electron chi connectivity index (χ3n) is 4.18. The van der Waals surface area contributed by atoms with Gasteiger partial charge in [0.15, 0.2) is 0 Å². The number of aryl methyl sites for hydroxylation is 1. The van der Waals surface area contributed by atoms with E-state index in [9.17, 15) is 0 Å². The van der Waals surface area contributed by atoms with Crippen LogP contribution in [-0.4, -0.2) is 4.84 Å². The number of rotatable bonds is 2. The number of alkyl halides is 2. The van der Waals surface area contributed by atoms with Gasteiger partial charge in [-0.15, -0.1) is 0 Å². The molecule has 0 heterocycles. The summed E-state index contributed by atoms with van der Waals surface area (Å²) in [5.41, 5.74) is 8.89. The first-order valence-electron chi connectivity index (χ1n) is 6.91. The van der Waals surface area contributed by atoms with Crippen molar-refractivity contribution < 1.29 is 24.7 Å². The summed E-state index contributed by atoms with van der Waals surface area (Å²) in [6, 6.07) is 14.9.